The van der Waals surface area contributed by atoms with E-state index >= 15 is 0 Å². The van der Waals surface area contributed by atoms with Gasteiger partial charge in [-0.2, -0.15) is 0 Å². The van der Waals surface area contributed by atoms with E-state index in [-0.39, 0.29) is 5.91 Å². The summed E-state index contributed by atoms with van der Waals surface area (Å²) in [5.74, 6) is 5.48. The Balaban J connectivity index is 2.13. The summed E-state index contributed by atoms with van der Waals surface area (Å²) in [6.07, 6.45) is 1.63. The van der Waals surface area contributed by atoms with Crippen molar-refractivity contribution in [2.45, 2.75) is 12.8 Å². The summed E-state index contributed by atoms with van der Waals surface area (Å²) >= 11 is 0. The summed E-state index contributed by atoms with van der Waals surface area (Å²) in [6.45, 7) is 3.62. The molecule has 0 aromatic heterocycles. The maximum absolute atomic E-state index is 10.8. The molecular weight excluding hydrogens is 168 g/mol. The summed E-state index contributed by atoms with van der Waals surface area (Å²) in [5, 5.41) is 0. The van der Waals surface area contributed by atoms with Gasteiger partial charge in [-0.15, -0.1) is 0 Å². The van der Waals surface area contributed by atoms with Gasteiger partial charge in [0.25, 0.3) is 0 Å². The van der Waals surface area contributed by atoms with Gasteiger partial charge in [-0.05, 0) is 25.4 Å². The molecule has 1 unspecified atom stereocenters. The fourth-order valence-corrected chi connectivity index (χ4v) is 1.64. The second-order valence-corrected chi connectivity index (χ2v) is 3.51. The van der Waals surface area contributed by atoms with Crippen molar-refractivity contribution in [2.75, 3.05) is 26.2 Å². The number of nitrogens with two attached hydrogens (primary N) is 2. The topological polar surface area (TPSA) is 84.4 Å². The van der Waals surface area contributed by atoms with Crippen LogP contribution in [0, 0.1) is 5.92 Å². The molecule has 5 N–H and O–H groups in total. The Kier molecular flexibility index (Phi) is 4.14. The van der Waals surface area contributed by atoms with Crippen molar-refractivity contribution in [1.82, 2.24) is 10.3 Å². The molecule has 5 nitrogen and oxygen atoms in total. The van der Waals surface area contributed by atoms with Gasteiger partial charge >= 0.3 is 0 Å². The molecule has 0 aliphatic carbocycles. The van der Waals surface area contributed by atoms with E-state index in [1.165, 1.54) is 0 Å². The Morgan fingerprint density at radius 3 is 2.92 bits per heavy atom. The Labute approximate surface area is 78.4 Å². The van der Waals surface area contributed by atoms with E-state index < -0.39 is 0 Å². The van der Waals surface area contributed by atoms with E-state index in [9.17, 15) is 4.79 Å². The third-order valence-corrected chi connectivity index (χ3v) is 2.52. The van der Waals surface area contributed by atoms with Crippen molar-refractivity contribution in [3.05, 3.63) is 0 Å². The van der Waals surface area contributed by atoms with E-state index in [1.54, 1.807) is 0 Å². The number of amides is 1. The number of hydrogen-bond donors (Lipinski definition) is 3. The standard InChI is InChI=1S/C8H18N4O/c9-5-7-1-3-12(6-7)4-2-8(13)11-10/h7H,1-6,9-10H2,(H,11,13). The maximum atomic E-state index is 10.8. The molecule has 5 heteroatoms. The summed E-state index contributed by atoms with van der Waals surface area (Å²) < 4.78 is 0. The van der Waals surface area contributed by atoms with Crippen LogP contribution in [0.15, 0.2) is 0 Å². The zero-order chi connectivity index (χ0) is 9.68. The highest BCUT2D eigenvalue weighted by molar-refractivity contribution is 5.75. The SMILES string of the molecule is NCC1CCN(CCC(=O)NN)C1. The number of carbonyl (C=O) groups is 1. The molecule has 1 amide bonds. The molecule has 1 atom stereocenters. The second-order valence-electron chi connectivity index (χ2n) is 3.51. The number of hydrogen-bond acceptors (Lipinski definition) is 4. The molecule has 1 saturated heterocycles. The highest BCUT2D eigenvalue weighted by Gasteiger charge is 2.20. The van der Waals surface area contributed by atoms with Gasteiger partial charge in [0.15, 0.2) is 0 Å². The average molecular weight is 186 g/mol. The Morgan fingerprint density at radius 2 is 2.38 bits per heavy atom. The van der Waals surface area contributed by atoms with Crippen LogP contribution in [0.4, 0.5) is 0 Å². The number of nitrogens with one attached hydrogen (secondary N) is 1. The van der Waals surface area contributed by atoms with Crippen molar-refractivity contribution < 1.29 is 4.79 Å². The first-order valence-electron chi connectivity index (χ1n) is 4.68. The van der Waals surface area contributed by atoms with Crippen molar-refractivity contribution in [3.8, 4) is 0 Å². The molecule has 1 fully saturated rings. The van der Waals surface area contributed by atoms with Crippen LogP contribution >= 0.6 is 0 Å². The molecule has 0 bridgehead atoms. The fraction of sp³-hybridized carbons (Fsp3) is 0.875. The normalized spacial score (nSPS) is 23.4. The lowest BCUT2D eigenvalue weighted by molar-refractivity contribution is -0.121. The molecule has 76 valence electrons. The molecule has 0 saturated carbocycles. The van der Waals surface area contributed by atoms with E-state index in [2.05, 4.69) is 10.3 Å². The van der Waals surface area contributed by atoms with Gasteiger partial charge in [0.2, 0.25) is 5.91 Å². The van der Waals surface area contributed by atoms with Crippen molar-refractivity contribution in [3.63, 3.8) is 0 Å². The minimum Gasteiger partial charge on any atom is -0.330 e. The van der Waals surface area contributed by atoms with E-state index in [1.807, 2.05) is 0 Å². The third-order valence-electron chi connectivity index (χ3n) is 2.52. The number of rotatable bonds is 4. The van der Waals surface area contributed by atoms with Gasteiger partial charge < -0.3 is 10.6 Å². The summed E-state index contributed by atoms with van der Waals surface area (Å²) in [5.41, 5.74) is 7.68. The monoisotopic (exact) mass is 186 g/mol. The first kappa shape index (κ1) is 10.4. The van der Waals surface area contributed by atoms with Crippen LogP contribution < -0.4 is 17.0 Å². The summed E-state index contributed by atoms with van der Waals surface area (Å²) in [4.78, 5) is 13.1. The second kappa shape index (κ2) is 5.16. The van der Waals surface area contributed by atoms with Crippen LogP contribution in [0.5, 0.6) is 0 Å². The highest BCUT2D eigenvalue weighted by Crippen LogP contribution is 2.14. The average Bonchev–Trinajstić information content (AvgIpc) is 2.61. The van der Waals surface area contributed by atoms with E-state index in [0.29, 0.717) is 12.3 Å². The minimum atomic E-state index is -0.101. The molecule has 1 rings (SSSR count). The van der Waals surface area contributed by atoms with Crippen molar-refractivity contribution in [1.29, 1.82) is 0 Å². The summed E-state index contributed by atoms with van der Waals surface area (Å²) in [7, 11) is 0. The zero-order valence-corrected chi connectivity index (χ0v) is 7.83. The molecule has 1 heterocycles. The molecule has 13 heavy (non-hydrogen) atoms. The number of hydrazine groups is 1. The van der Waals surface area contributed by atoms with Crippen LogP contribution in [0.25, 0.3) is 0 Å². The smallest absolute Gasteiger partial charge is 0.235 e. The molecule has 0 spiro atoms. The number of carbonyl (C=O) groups excluding carboxylic acids is 1. The molecule has 1 aliphatic rings. The number of nitrogens with zero attached hydrogens (tertiary/aromatic N) is 1. The van der Waals surface area contributed by atoms with E-state index in [0.717, 1.165) is 32.6 Å². The number of likely N-dealkylation sites (tertiary alicyclic amines) is 1. The Hall–Kier alpha value is -0.650. The Bertz CT molecular complexity index is 174. The highest BCUT2D eigenvalue weighted by atomic mass is 16.2. The zero-order valence-electron chi connectivity index (χ0n) is 7.83. The van der Waals surface area contributed by atoms with Gasteiger partial charge in [0, 0.05) is 19.5 Å². The van der Waals surface area contributed by atoms with Crippen molar-refractivity contribution >= 4 is 5.91 Å². The van der Waals surface area contributed by atoms with Gasteiger partial charge in [0.1, 0.15) is 0 Å². The van der Waals surface area contributed by atoms with Gasteiger partial charge in [0.05, 0.1) is 0 Å². The van der Waals surface area contributed by atoms with E-state index in [4.69, 9.17) is 11.6 Å². The Morgan fingerprint density at radius 1 is 1.62 bits per heavy atom. The first-order chi connectivity index (χ1) is 6.26. The van der Waals surface area contributed by atoms with Gasteiger partial charge in [-0.1, -0.05) is 0 Å². The quantitative estimate of drug-likeness (QED) is 0.288. The molecule has 0 radical (unpaired) electrons. The largest absolute Gasteiger partial charge is 0.330 e. The molecular formula is C8H18N4O. The van der Waals surface area contributed by atoms with Gasteiger partial charge in [-0.25, -0.2) is 5.84 Å². The lowest BCUT2D eigenvalue weighted by atomic mass is 10.1. The van der Waals surface area contributed by atoms with Gasteiger partial charge in [-0.3, -0.25) is 10.2 Å². The maximum Gasteiger partial charge on any atom is 0.235 e. The van der Waals surface area contributed by atoms with Crippen LogP contribution in [-0.2, 0) is 4.79 Å². The minimum absolute atomic E-state index is 0.101. The first-order valence-corrected chi connectivity index (χ1v) is 4.68. The van der Waals surface area contributed by atoms with Crippen LogP contribution in [0.2, 0.25) is 0 Å². The predicted octanol–water partition coefficient (Wildman–Crippen LogP) is -1.35. The van der Waals surface area contributed by atoms with Crippen LogP contribution in [0.3, 0.4) is 0 Å². The van der Waals surface area contributed by atoms with Crippen molar-refractivity contribution in [2.24, 2.45) is 17.5 Å². The summed E-state index contributed by atoms with van der Waals surface area (Å²) in [6, 6.07) is 0. The molecule has 1 aliphatic heterocycles. The lowest BCUT2D eigenvalue weighted by Crippen LogP contribution is -2.34. The fourth-order valence-electron chi connectivity index (χ4n) is 1.64. The lowest BCUT2D eigenvalue weighted by Gasteiger charge is -2.14. The van der Waals surface area contributed by atoms with Crippen LogP contribution in [0.1, 0.15) is 12.8 Å². The molecule has 0 aromatic carbocycles. The molecule has 0 aromatic rings. The predicted molar refractivity (Wildman–Crippen MR) is 50.5 cm³/mol. The third kappa shape index (κ3) is 3.30. The van der Waals surface area contributed by atoms with Crippen LogP contribution in [-0.4, -0.2) is 37.0 Å².